The molecule has 2 rings (SSSR count). The fourth-order valence-electron chi connectivity index (χ4n) is 2.51. The average molecular weight is 248 g/mol. The summed E-state index contributed by atoms with van der Waals surface area (Å²) in [7, 11) is 0. The number of nitrogens with zero attached hydrogens (tertiary/aromatic N) is 1. The van der Waals surface area contributed by atoms with Gasteiger partial charge in [0.25, 0.3) is 0 Å². The van der Waals surface area contributed by atoms with Gasteiger partial charge >= 0.3 is 5.97 Å². The van der Waals surface area contributed by atoms with E-state index in [9.17, 15) is 4.79 Å². The fourth-order valence-corrected chi connectivity index (χ4v) is 2.51. The van der Waals surface area contributed by atoms with E-state index in [2.05, 4.69) is 10.3 Å². The molecule has 18 heavy (non-hydrogen) atoms. The predicted octanol–water partition coefficient (Wildman–Crippen LogP) is 1.86. The lowest BCUT2D eigenvalue weighted by atomic mass is 9.86. The highest BCUT2D eigenvalue weighted by Gasteiger charge is 2.25. The summed E-state index contributed by atoms with van der Waals surface area (Å²) in [6.45, 7) is 0.951. The maximum Gasteiger partial charge on any atom is 0.306 e. The standard InChI is InChI=1S/C14H20N2O2/c17-14(18)12-1-3-13(4-2-12)16-10-7-11-5-8-15-9-6-11/h5-6,8-9,12-13,16H,1-4,7,10H2,(H,17,18). The van der Waals surface area contributed by atoms with E-state index in [1.165, 1.54) is 5.56 Å². The van der Waals surface area contributed by atoms with E-state index in [0.717, 1.165) is 38.6 Å². The highest BCUT2D eigenvalue weighted by Crippen LogP contribution is 2.24. The zero-order valence-electron chi connectivity index (χ0n) is 10.5. The van der Waals surface area contributed by atoms with Crippen LogP contribution in [0, 0.1) is 5.92 Å². The van der Waals surface area contributed by atoms with Gasteiger partial charge in [0.2, 0.25) is 0 Å². The molecule has 0 spiro atoms. The van der Waals surface area contributed by atoms with Crippen LogP contribution in [-0.4, -0.2) is 28.6 Å². The van der Waals surface area contributed by atoms with Gasteiger partial charge in [-0.25, -0.2) is 0 Å². The highest BCUT2D eigenvalue weighted by molar-refractivity contribution is 5.70. The van der Waals surface area contributed by atoms with E-state index >= 15 is 0 Å². The number of carboxylic acid groups (broad SMARTS) is 1. The lowest BCUT2D eigenvalue weighted by Gasteiger charge is -2.26. The summed E-state index contributed by atoms with van der Waals surface area (Å²) in [6, 6.07) is 4.55. The van der Waals surface area contributed by atoms with Crippen molar-refractivity contribution in [3.8, 4) is 0 Å². The van der Waals surface area contributed by atoms with E-state index in [1.807, 2.05) is 24.5 Å². The minimum Gasteiger partial charge on any atom is -0.481 e. The topological polar surface area (TPSA) is 62.2 Å². The van der Waals surface area contributed by atoms with Crippen molar-refractivity contribution in [2.75, 3.05) is 6.54 Å². The highest BCUT2D eigenvalue weighted by atomic mass is 16.4. The van der Waals surface area contributed by atoms with Gasteiger partial charge in [0.05, 0.1) is 5.92 Å². The van der Waals surface area contributed by atoms with Crippen molar-refractivity contribution in [1.82, 2.24) is 10.3 Å². The van der Waals surface area contributed by atoms with Gasteiger partial charge in [-0.15, -0.1) is 0 Å². The van der Waals surface area contributed by atoms with Gasteiger partial charge in [0, 0.05) is 18.4 Å². The lowest BCUT2D eigenvalue weighted by molar-refractivity contribution is -0.142. The predicted molar refractivity (Wildman–Crippen MR) is 69.3 cm³/mol. The van der Waals surface area contributed by atoms with E-state index in [1.54, 1.807) is 0 Å². The summed E-state index contributed by atoms with van der Waals surface area (Å²) in [5.41, 5.74) is 1.29. The number of hydrogen-bond acceptors (Lipinski definition) is 3. The normalized spacial score (nSPS) is 23.8. The van der Waals surface area contributed by atoms with Gasteiger partial charge < -0.3 is 10.4 Å². The van der Waals surface area contributed by atoms with Crippen molar-refractivity contribution in [2.45, 2.75) is 38.1 Å². The van der Waals surface area contributed by atoms with Crippen molar-refractivity contribution in [3.63, 3.8) is 0 Å². The molecule has 0 bridgehead atoms. The average Bonchev–Trinajstić information content (AvgIpc) is 2.40. The summed E-state index contributed by atoms with van der Waals surface area (Å²) >= 11 is 0. The maximum absolute atomic E-state index is 10.8. The van der Waals surface area contributed by atoms with E-state index < -0.39 is 5.97 Å². The molecule has 2 N–H and O–H groups in total. The molecule has 1 heterocycles. The van der Waals surface area contributed by atoms with Gasteiger partial charge in [-0.05, 0) is 56.3 Å². The third-order valence-electron chi connectivity index (χ3n) is 3.67. The molecule has 1 aliphatic carbocycles. The van der Waals surface area contributed by atoms with Crippen LogP contribution in [0.5, 0.6) is 0 Å². The van der Waals surface area contributed by atoms with Crippen LogP contribution in [-0.2, 0) is 11.2 Å². The summed E-state index contributed by atoms with van der Waals surface area (Å²) in [6.07, 6.45) is 8.20. The first kappa shape index (κ1) is 13.0. The van der Waals surface area contributed by atoms with Gasteiger partial charge in [-0.2, -0.15) is 0 Å². The number of nitrogens with one attached hydrogen (secondary N) is 1. The second kappa shape index (κ2) is 6.50. The molecule has 4 nitrogen and oxygen atoms in total. The zero-order valence-corrected chi connectivity index (χ0v) is 10.5. The third-order valence-corrected chi connectivity index (χ3v) is 3.67. The molecule has 0 unspecified atom stereocenters. The largest absolute Gasteiger partial charge is 0.481 e. The molecule has 1 fully saturated rings. The molecule has 0 saturated heterocycles. The molecule has 0 atom stereocenters. The van der Waals surface area contributed by atoms with Crippen LogP contribution >= 0.6 is 0 Å². The first-order chi connectivity index (χ1) is 8.75. The van der Waals surface area contributed by atoms with Crippen molar-refractivity contribution in [3.05, 3.63) is 30.1 Å². The second-order valence-electron chi connectivity index (χ2n) is 4.95. The number of pyridine rings is 1. The monoisotopic (exact) mass is 248 g/mol. The van der Waals surface area contributed by atoms with Gasteiger partial charge in [0.15, 0.2) is 0 Å². The molecule has 4 heteroatoms. The molecule has 0 aliphatic heterocycles. The van der Waals surface area contributed by atoms with Crippen LogP contribution in [0.3, 0.4) is 0 Å². The third kappa shape index (κ3) is 3.81. The quantitative estimate of drug-likeness (QED) is 0.835. The molecular formula is C14H20N2O2. The second-order valence-corrected chi connectivity index (χ2v) is 4.95. The van der Waals surface area contributed by atoms with Crippen molar-refractivity contribution in [2.24, 2.45) is 5.92 Å². The van der Waals surface area contributed by atoms with E-state index in [4.69, 9.17) is 5.11 Å². The molecule has 0 amide bonds. The Morgan fingerprint density at radius 3 is 2.56 bits per heavy atom. The summed E-state index contributed by atoms with van der Waals surface area (Å²) < 4.78 is 0. The number of hydrogen-bond donors (Lipinski definition) is 2. The van der Waals surface area contributed by atoms with Gasteiger partial charge in [-0.1, -0.05) is 0 Å². The van der Waals surface area contributed by atoms with Crippen LogP contribution in [0.2, 0.25) is 0 Å². The lowest BCUT2D eigenvalue weighted by Crippen LogP contribution is -2.36. The van der Waals surface area contributed by atoms with Crippen molar-refractivity contribution in [1.29, 1.82) is 0 Å². The summed E-state index contributed by atoms with van der Waals surface area (Å²) in [4.78, 5) is 14.8. The molecule has 1 aliphatic rings. The first-order valence-corrected chi connectivity index (χ1v) is 6.61. The van der Waals surface area contributed by atoms with Gasteiger partial charge in [-0.3, -0.25) is 9.78 Å². The Balaban J connectivity index is 1.65. The van der Waals surface area contributed by atoms with E-state index in [0.29, 0.717) is 6.04 Å². The number of rotatable bonds is 5. The molecule has 0 aromatic carbocycles. The van der Waals surface area contributed by atoms with Crippen LogP contribution in [0.25, 0.3) is 0 Å². The molecule has 1 aromatic heterocycles. The van der Waals surface area contributed by atoms with Crippen LogP contribution < -0.4 is 5.32 Å². The first-order valence-electron chi connectivity index (χ1n) is 6.61. The minimum absolute atomic E-state index is 0.122. The van der Waals surface area contributed by atoms with Crippen molar-refractivity contribution < 1.29 is 9.90 Å². The Hall–Kier alpha value is -1.42. The number of aliphatic carboxylic acids is 1. The van der Waals surface area contributed by atoms with E-state index in [-0.39, 0.29) is 5.92 Å². The van der Waals surface area contributed by atoms with Gasteiger partial charge in [0.1, 0.15) is 0 Å². The van der Waals surface area contributed by atoms with Crippen LogP contribution in [0.15, 0.2) is 24.5 Å². The summed E-state index contributed by atoms with van der Waals surface area (Å²) in [5, 5.41) is 12.4. The fraction of sp³-hybridized carbons (Fsp3) is 0.571. The molecule has 98 valence electrons. The number of carbonyl (C=O) groups is 1. The Morgan fingerprint density at radius 2 is 1.94 bits per heavy atom. The summed E-state index contributed by atoms with van der Waals surface area (Å²) in [5.74, 6) is -0.756. The Kier molecular flexibility index (Phi) is 4.70. The molecular weight excluding hydrogens is 228 g/mol. The Bertz CT molecular complexity index is 373. The Labute approximate surface area is 107 Å². The van der Waals surface area contributed by atoms with Crippen molar-refractivity contribution >= 4 is 5.97 Å². The SMILES string of the molecule is O=C(O)C1CCC(NCCc2ccncc2)CC1. The number of aromatic nitrogens is 1. The molecule has 1 saturated carbocycles. The smallest absolute Gasteiger partial charge is 0.306 e. The minimum atomic E-state index is -0.634. The molecule has 1 aromatic rings. The van der Waals surface area contributed by atoms with Crippen LogP contribution in [0.4, 0.5) is 0 Å². The maximum atomic E-state index is 10.8. The number of carboxylic acids is 1. The van der Waals surface area contributed by atoms with Crippen LogP contribution in [0.1, 0.15) is 31.2 Å². The Morgan fingerprint density at radius 1 is 1.28 bits per heavy atom. The molecule has 0 radical (unpaired) electrons. The zero-order chi connectivity index (χ0) is 12.8.